The molecule has 2 aliphatic heterocycles. The van der Waals surface area contributed by atoms with Gasteiger partial charge in [0.1, 0.15) is 0 Å². The van der Waals surface area contributed by atoms with Crippen molar-refractivity contribution >= 4 is 0 Å². The van der Waals surface area contributed by atoms with Crippen molar-refractivity contribution in [2.45, 2.75) is 13.0 Å². The average molecular weight is 306 g/mol. The Morgan fingerprint density at radius 1 is 1.05 bits per heavy atom. The normalized spacial score (nSPS) is 24.9. The predicted octanol–water partition coefficient (Wildman–Crippen LogP) is 1.75. The Labute approximate surface area is 132 Å². The van der Waals surface area contributed by atoms with Crippen molar-refractivity contribution in [1.29, 1.82) is 0 Å². The molecule has 0 spiro atoms. The molecule has 2 aliphatic rings. The highest BCUT2D eigenvalue weighted by Gasteiger charge is 2.33. The molecule has 2 saturated heterocycles. The summed E-state index contributed by atoms with van der Waals surface area (Å²) < 4.78 is 16.4. The molecule has 0 aliphatic carbocycles. The summed E-state index contributed by atoms with van der Waals surface area (Å²) in [5.41, 5.74) is 1.16. The van der Waals surface area contributed by atoms with Gasteiger partial charge in [0.2, 0.25) is 5.75 Å². The van der Waals surface area contributed by atoms with Crippen molar-refractivity contribution in [2.75, 3.05) is 47.5 Å². The molecule has 1 aromatic carbocycles. The van der Waals surface area contributed by atoms with Crippen LogP contribution in [-0.4, -0.2) is 52.4 Å². The van der Waals surface area contributed by atoms with Gasteiger partial charge >= 0.3 is 0 Å². The summed E-state index contributed by atoms with van der Waals surface area (Å²) in [6, 6.07) is 4.04. The van der Waals surface area contributed by atoms with Crippen LogP contribution < -0.4 is 19.5 Å². The van der Waals surface area contributed by atoms with Crippen LogP contribution in [0.1, 0.15) is 12.0 Å². The molecule has 0 amide bonds. The van der Waals surface area contributed by atoms with Crippen LogP contribution in [-0.2, 0) is 6.54 Å². The van der Waals surface area contributed by atoms with E-state index in [2.05, 4.69) is 16.3 Å². The number of hydrogen-bond acceptors (Lipinski definition) is 5. The zero-order valence-electron chi connectivity index (χ0n) is 13.7. The van der Waals surface area contributed by atoms with E-state index in [4.69, 9.17) is 14.2 Å². The lowest BCUT2D eigenvalue weighted by molar-refractivity contribution is 0.141. The number of nitrogens with zero attached hydrogens (tertiary/aromatic N) is 1. The minimum Gasteiger partial charge on any atom is -0.493 e. The summed E-state index contributed by atoms with van der Waals surface area (Å²) in [5, 5.41) is 3.52. The number of likely N-dealkylation sites (tertiary alicyclic amines) is 1. The number of benzene rings is 1. The fourth-order valence-electron chi connectivity index (χ4n) is 3.78. The minimum absolute atomic E-state index is 0.680. The van der Waals surface area contributed by atoms with Crippen LogP contribution in [0.5, 0.6) is 17.2 Å². The molecule has 2 atom stereocenters. The lowest BCUT2D eigenvalue weighted by Crippen LogP contribution is -2.39. The van der Waals surface area contributed by atoms with Gasteiger partial charge in [-0.15, -0.1) is 0 Å². The van der Waals surface area contributed by atoms with E-state index in [-0.39, 0.29) is 0 Å². The zero-order chi connectivity index (χ0) is 15.5. The Morgan fingerprint density at radius 3 is 2.55 bits per heavy atom. The molecular formula is C17H26N2O3. The van der Waals surface area contributed by atoms with Crippen molar-refractivity contribution in [2.24, 2.45) is 11.8 Å². The summed E-state index contributed by atoms with van der Waals surface area (Å²) >= 11 is 0. The predicted molar refractivity (Wildman–Crippen MR) is 85.8 cm³/mol. The molecule has 122 valence electrons. The molecule has 0 aromatic heterocycles. The topological polar surface area (TPSA) is 43.0 Å². The first-order valence-electron chi connectivity index (χ1n) is 7.97. The van der Waals surface area contributed by atoms with Crippen molar-refractivity contribution in [1.82, 2.24) is 10.2 Å². The van der Waals surface area contributed by atoms with E-state index >= 15 is 0 Å². The fraction of sp³-hybridized carbons (Fsp3) is 0.647. The van der Waals surface area contributed by atoms with Crippen LogP contribution in [0, 0.1) is 11.8 Å². The van der Waals surface area contributed by atoms with E-state index < -0.39 is 0 Å². The third-order valence-corrected chi connectivity index (χ3v) is 4.97. The molecule has 5 nitrogen and oxygen atoms in total. The first-order valence-corrected chi connectivity index (χ1v) is 7.97. The molecule has 2 heterocycles. The van der Waals surface area contributed by atoms with E-state index in [1.807, 2.05) is 6.07 Å². The number of fused-ring (bicyclic) bond motifs is 1. The van der Waals surface area contributed by atoms with E-state index in [0.717, 1.165) is 49.3 Å². The van der Waals surface area contributed by atoms with Crippen molar-refractivity contribution in [3.63, 3.8) is 0 Å². The van der Waals surface area contributed by atoms with Gasteiger partial charge in [0.05, 0.1) is 21.3 Å². The van der Waals surface area contributed by atoms with Gasteiger partial charge in [-0.05, 0) is 44.0 Å². The van der Waals surface area contributed by atoms with Crippen LogP contribution in [0.2, 0.25) is 0 Å². The maximum Gasteiger partial charge on any atom is 0.203 e. The summed E-state index contributed by atoms with van der Waals surface area (Å²) in [6.07, 6.45) is 1.28. The second-order valence-corrected chi connectivity index (χ2v) is 6.20. The quantitative estimate of drug-likeness (QED) is 0.898. The second-order valence-electron chi connectivity index (χ2n) is 6.20. The van der Waals surface area contributed by atoms with Gasteiger partial charge in [0, 0.05) is 18.7 Å². The Morgan fingerprint density at radius 2 is 1.82 bits per heavy atom. The van der Waals surface area contributed by atoms with E-state index in [0.29, 0.717) is 11.5 Å². The highest BCUT2D eigenvalue weighted by atomic mass is 16.5. The smallest absolute Gasteiger partial charge is 0.203 e. The van der Waals surface area contributed by atoms with Crippen molar-refractivity contribution in [3.8, 4) is 17.2 Å². The molecule has 3 rings (SSSR count). The molecule has 2 unspecified atom stereocenters. The first-order chi connectivity index (χ1) is 10.8. The molecule has 22 heavy (non-hydrogen) atoms. The molecule has 0 bridgehead atoms. The van der Waals surface area contributed by atoms with Crippen LogP contribution in [0.15, 0.2) is 12.1 Å². The molecule has 0 radical (unpaired) electrons. The van der Waals surface area contributed by atoms with Gasteiger partial charge in [0.25, 0.3) is 0 Å². The maximum absolute atomic E-state index is 5.59. The van der Waals surface area contributed by atoms with Crippen LogP contribution in [0.3, 0.4) is 0 Å². The minimum atomic E-state index is 0.680. The third kappa shape index (κ3) is 2.88. The number of hydrogen-bond donors (Lipinski definition) is 1. The van der Waals surface area contributed by atoms with Crippen LogP contribution in [0.4, 0.5) is 0 Å². The molecule has 2 fully saturated rings. The highest BCUT2D eigenvalue weighted by molar-refractivity contribution is 5.55. The Hall–Kier alpha value is -1.46. The summed E-state index contributed by atoms with van der Waals surface area (Å²) in [4.78, 5) is 2.53. The standard InChI is InChI=1S/C17H26N2O3/c1-20-15-5-4-13(16(21-2)17(15)22-3)10-19-7-6-12-8-18-9-14(12)11-19/h4-5,12,14,18H,6-11H2,1-3H3. The van der Waals surface area contributed by atoms with Crippen molar-refractivity contribution < 1.29 is 14.2 Å². The number of nitrogens with one attached hydrogen (secondary N) is 1. The zero-order valence-corrected chi connectivity index (χ0v) is 13.7. The third-order valence-electron chi connectivity index (χ3n) is 4.97. The molecule has 1 N–H and O–H groups in total. The Kier molecular flexibility index (Phi) is 4.74. The Bertz CT molecular complexity index is 521. The lowest BCUT2D eigenvalue weighted by atomic mass is 9.88. The number of rotatable bonds is 5. The van der Waals surface area contributed by atoms with Gasteiger partial charge in [0.15, 0.2) is 11.5 Å². The Balaban J connectivity index is 1.77. The van der Waals surface area contributed by atoms with E-state index in [1.54, 1.807) is 21.3 Å². The SMILES string of the molecule is COc1ccc(CN2CCC3CNCC3C2)c(OC)c1OC. The number of methoxy groups -OCH3 is 3. The molecule has 1 aromatic rings. The number of ether oxygens (including phenoxy) is 3. The number of piperidine rings is 1. The monoisotopic (exact) mass is 306 g/mol. The molecule has 0 saturated carbocycles. The van der Waals surface area contributed by atoms with Gasteiger partial charge < -0.3 is 19.5 Å². The molecule has 5 heteroatoms. The highest BCUT2D eigenvalue weighted by Crippen LogP contribution is 2.40. The second kappa shape index (κ2) is 6.75. The lowest BCUT2D eigenvalue weighted by Gasteiger charge is -2.34. The van der Waals surface area contributed by atoms with Gasteiger partial charge in [-0.2, -0.15) is 0 Å². The van der Waals surface area contributed by atoms with E-state index in [1.165, 1.54) is 13.0 Å². The van der Waals surface area contributed by atoms with Crippen LogP contribution in [0.25, 0.3) is 0 Å². The summed E-state index contributed by atoms with van der Waals surface area (Å²) in [7, 11) is 4.99. The first kappa shape index (κ1) is 15.4. The van der Waals surface area contributed by atoms with Gasteiger partial charge in [-0.25, -0.2) is 0 Å². The summed E-state index contributed by atoms with van der Waals surface area (Å²) in [5.74, 6) is 3.83. The fourth-order valence-corrected chi connectivity index (χ4v) is 3.78. The van der Waals surface area contributed by atoms with Gasteiger partial charge in [-0.1, -0.05) is 6.07 Å². The largest absolute Gasteiger partial charge is 0.493 e. The van der Waals surface area contributed by atoms with E-state index in [9.17, 15) is 0 Å². The van der Waals surface area contributed by atoms with Crippen molar-refractivity contribution in [3.05, 3.63) is 17.7 Å². The molecular weight excluding hydrogens is 280 g/mol. The van der Waals surface area contributed by atoms with Crippen LogP contribution >= 0.6 is 0 Å². The maximum atomic E-state index is 5.59. The average Bonchev–Trinajstić information content (AvgIpc) is 3.01. The summed E-state index contributed by atoms with van der Waals surface area (Å²) in [6.45, 7) is 5.56. The van der Waals surface area contributed by atoms with Gasteiger partial charge in [-0.3, -0.25) is 4.90 Å².